The van der Waals surface area contributed by atoms with Gasteiger partial charge in [-0.1, -0.05) is 24.3 Å². The van der Waals surface area contributed by atoms with Crippen LogP contribution in [0.1, 0.15) is 29.5 Å². The second-order valence-electron chi connectivity index (χ2n) is 6.15. The van der Waals surface area contributed by atoms with Crippen molar-refractivity contribution in [3.63, 3.8) is 0 Å². The molecule has 2 aromatic carbocycles. The number of hydrogen-bond acceptors (Lipinski definition) is 3. The maximum absolute atomic E-state index is 12.9. The largest absolute Gasteiger partial charge is 0.325 e. The summed E-state index contributed by atoms with van der Waals surface area (Å²) < 4.78 is 27.1. The van der Waals surface area contributed by atoms with Gasteiger partial charge in [-0.15, -0.1) is 0 Å². The monoisotopic (exact) mass is 344 g/mol. The van der Waals surface area contributed by atoms with Crippen molar-refractivity contribution in [3.8, 4) is 0 Å². The first-order valence-electron chi connectivity index (χ1n) is 7.76. The Hall–Kier alpha value is -2.18. The van der Waals surface area contributed by atoms with Crippen molar-refractivity contribution in [1.29, 1.82) is 0 Å². The molecule has 2 aromatic rings. The lowest BCUT2D eigenvalue weighted by Crippen LogP contribution is -2.27. The summed E-state index contributed by atoms with van der Waals surface area (Å²) in [7, 11) is -2.05. The predicted molar refractivity (Wildman–Crippen MR) is 93.3 cm³/mol. The van der Waals surface area contributed by atoms with Gasteiger partial charge < -0.3 is 5.32 Å². The Bertz CT molecular complexity index is 906. The Morgan fingerprint density at radius 1 is 1.17 bits per heavy atom. The molecule has 6 heteroatoms. The highest BCUT2D eigenvalue weighted by Crippen LogP contribution is 2.34. The van der Waals surface area contributed by atoms with Crippen LogP contribution in [0.5, 0.6) is 0 Å². The Balaban J connectivity index is 1.91. The van der Waals surface area contributed by atoms with Crippen LogP contribution in [-0.4, -0.2) is 25.7 Å². The highest BCUT2D eigenvalue weighted by atomic mass is 32.2. The van der Waals surface area contributed by atoms with Gasteiger partial charge in [0.25, 0.3) is 0 Å². The van der Waals surface area contributed by atoms with E-state index in [2.05, 4.69) is 5.32 Å². The van der Waals surface area contributed by atoms with E-state index < -0.39 is 10.0 Å². The van der Waals surface area contributed by atoms with Gasteiger partial charge in [0.1, 0.15) is 0 Å². The van der Waals surface area contributed by atoms with Gasteiger partial charge >= 0.3 is 0 Å². The fourth-order valence-electron chi connectivity index (χ4n) is 2.85. The van der Waals surface area contributed by atoms with Crippen molar-refractivity contribution in [1.82, 2.24) is 4.31 Å². The van der Waals surface area contributed by atoms with Crippen LogP contribution in [0.25, 0.3) is 0 Å². The number of amides is 1. The number of benzene rings is 2. The SMILES string of the molecule is Cc1ccccc1CN(C)S(=O)(=O)c1ccc2c(c1)[C@H](C)C(=O)N2. The smallest absolute Gasteiger partial charge is 0.243 e. The lowest BCUT2D eigenvalue weighted by atomic mass is 10.0. The number of carbonyl (C=O) groups is 1. The van der Waals surface area contributed by atoms with Crippen LogP contribution in [-0.2, 0) is 21.4 Å². The van der Waals surface area contributed by atoms with Crippen molar-refractivity contribution in [2.75, 3.05) is 12.4 Å². The standard InChI is InChI=1S/C18H20N2O3S/c1-12-6-4-5-7-14(12)11-20(3)24(22,23)15-8-9-17-16(10-15)13(2)18(21)19-17/h4-10,13H,11H2,1-3H3,(H,19,21)/t13-/m0/s1. The highest BCUT2D eigenvalue weighted by Gasteiger charge is 2.29. The van der Waals surface area contributed by atoms with Crippen LogP contribution < -0.4 is 5.32 Å². The van der Waals surface area contributed by atoms with Gasteiger partial charge in [0.15, 0.2) is 0 Å². The molecule has 1 N–H and O–H groups in total. The quantitative estimate of drug-likeness (QED) is 0.927. The summed E-state index contributed by atoms with van der Waals surface area (Å²) in [5.74, 6) is -0.440. The number of rotatable bonds is 4. The van der Waals surface area contributed by atoms with Crippen molar-refractivity contribution in [3.05, 3.63) is 59.2 Å². The average molecular weight is 344 g/mol. The van der Waals surface area contributed by atoms with Crippen LogP contribution in [0.4, 0.5) is 5.69 Å². The number of nitrogens with zero attached hydrogens (tertiary/aromatic N) is 1. The molecule has 0 saturated carbocycles. The molecule has 1 aliphatic rings. The van der Waals surface area contributed by atoms with Gasteiger partial charge in [-0.05, 0) is 48.7 Å². The molecule has 1 atom stereocenters. The Kier molecular flexibility index (Phi) is 4.19. The molecular weight excluding hydrogens is 324 g/mol. The van der Waals surface area contributed by atoms with Gasteiger partial charge in [0.2, 0.25) is 15.9 Å². The molecule has 126 valence electrons. The van der Waals surface area contributed by atoms with E-state index in [1.165, 1.54) is 4.31 Å². The van der Waals surface area contributed by atoms with Crippen molar-refractivity contribution in [2.24, 2.45) is 0 Å². The lowest BCUT2D eigenvalue weighted by molar-refractivity contribution is -0.116. The molecule has 0 aliphatic carbocycles. The van der Waals surface area contributed by atoms with E-state index in [9.17, 15) is 13.2 Å². The summed E-state index contributed by atoms with van der Waals surface area (Å²) >= 11 is 0. The maximum Gasteiger partial charge on any atom is 0.243 e. The Morgan fingerprint density at radius 3 is 2.58 bits per heavy atom. The lowest BCUT2D eigenvalue weighted by Gasteiger charge is -2.19. The first kappa shape index (κ1) is 16.7. The van der Waals surface area contributed by atoms with E-state index in [0.29, 0.717) is 12.2 Å². The molecular formula is C18H20N2O3S. The van der Waals surface area contributed by atoms with Gasteiger partial charge in [-0.3, -0.25) is 4.79 Å². The third-order valence-electron chi connectivity index (χ3n) is 4.50. The van der Waals surface area contributed by atoms with Crippen LogP contribution in [0.2, 0.25) is 0 Å². The zero-order valence-electron chi connectivity index (χ0n) is 13.9. The number of sulfonamides is 1. The third kappa shape index (κ3) is 2.83. The van der Waals surface area contributed by atoms with E-state index in [1.807, 2.05) is 31.2 Å². The summed E-state index contributed by atoms with van der Waals surface area (Å²) in [4.78, 5) is 11.9. The van der Waals surface area contributed by atoms with Crippen LogP contribution in [0.15, 0.2) is 47.4 Å². The predicted octanol–water partition coefficient (Wildman–Crippen LogP) is 2.87. The molecule has 3 rings (SSSR count). The molecule has 0 radical (unpaired) electrons. The number of nitrogens with one attached hydrogen (secondary N) is 1. The van der Waals surface area contributed by atoms with E-state index in [4.69, 9.17) is 0 Å². The summed E-state index contributed by atoms with van der Waals surface area (Å²) in [5, 5.41) is 2.75. The number of carbonyl (C=O) groups excluding carboxylic acids is 1. The van der Waals surface area contributed by atoms with Crippen molar-refractivity contribution >= 4 is 21.6 Å². The van der Waals surface area contributed by atoms with Crippen LogP contribution in [0, 0.1) is 6.92 Å². The molecule has 1 aliphatic heterocycles. The second kappa shape index (κ2) is 6.03. The molecule has 0 bridgehead atoms. The zero-order chi connectivity index (χ0) is 17.5. The second-order valence-corrected chi connectivity index (χ2v) is 8.19. The van der Waals surface area contributed by atoms with E-state index >= 15 is 0 Å². The minimum Gasteiger partial charge on any atom is -0.325 e. The van der Waals surface area contributed by atoms with Crippen LogP contribution >= 0.6 is 0 Å². The van der Waals surface area contributed by atoms with E-state index in [1.54, 1.807) is 32.2 Å². The summed E-state index contributed by atoms with van der Waals surface area (Å²) in [6.45, 7) is 4.04. The van der Waals surface area contributed by atoms with Gasteiger partial charge in [-0.2, -0.15) is 4.31 Å². The number of anilines is 1. The van der Waals surface area contributed by atoms with Gasteiger partial charge in [-0.25, -0.2) is 8.42 Å². The molecule has 5 nitrogen and oxygen atoms in total. The zero-order valence-corrected chi connectivity index (χ0v) is 14.7. The molecule has 0 spiro atoms. The average Bonchev–Trinajstić information content (AvgIpc) is 2.84. The van der Waals surface area contributed by atoms with Gasteiger partial charge in [0.05, 0.1) is 10.8 Å². The highest BCUT2D eigenvalue weighted by molar-refractivity contribution is 7.89. The summed E-state index contributed by atoms with van der Waals surface area (Å²) in [5.41, 5.74) is 3.44. The number of fused-ring (bicyclic) bond motifs is 1. The molecule has 0 fully saturated rings. The first-order valence-corrected chi connectivity index (χ1v) is 9.20. The maximum atomic E-state index is 12.9. The first-order chi connectivity index (χ1) is 11.3. The fraction of sp³-hybridized carbons (Fsp3) is 0.278. The molecule has 0 saturated heterocycles. The topological polar surface area (TPSA) is 66.5 Å². The number of aryl methyl sites for hydroxylation is 1. The molecule has 24 heavy (non-hydrogen) atoms. The normalized spacial score (nSPS) is 17.0. The van der Waals surface area contributed by atoms with Crippen molar-refractivity contribution in [2.45, 2.75) is 31.2 Å². The summed E-state index contributed by atoms with van der Waals surface area (Å²) in [6.07, 6.45) is 0. The Labute approximate surface area is 142 Å². The molecule has 0 aromatic heterocycles. The van der Waals surface area contributed by atoms with Crippen LogP contribution in [0.3, 0.4) is 0 Å². The van der Waals surface area contributed by atoms with E-state index in [-0.39, 0.29) is 16.7 Å². The minimum absolute atomic E-state index is 0.104. The van der Waals surface area contributed by atoms with E-state index in [0.717, 1.165) is 16.7 Å². The summed E-state index contributed by atoms with van der Waals surface area (Å²) in [6, 6.07) is 12.5. The minimum atomic E-state index is -3.62. The number of hydrogen-bond donors (Lipinski definition) is 1. The van der Waals surface area contributed by atoms with Gasteiger partial charge in [0, 0.05) is 19.3 Å². The molecule has 1 amide bonds. The third-order valence-corrected chi connectivity index (χ3v) is 6.30. The fourth-order valence-corrected chi connectivity index (χ4v) is 4.03. The van der Waals surface area contributed by atoms with Crippen molar-refractivity contribution < 1.29 is 13.2 Å². The molecule has 1 heterocycles. The molecule has 0 unspecified atom stereocenters. The Morgan fingerprint density at radius 2 is 1.88 bits per heavy atom.